The van der Waals surface area contributed by atoms with Crippen molar-refractivity contribution in [3.8, 4) is 11.4 Å². The zero-order valence-electron chi connectivity index (χ0n) is 11.3. The Labute approximate surface area is 128 Å². The molecule has 0 aliphatic carbocycles. The number of halogens is 1. The van der Waals surface area contributed by atoms with Crippen LogP contribution in [0, 0.1) is 0 Å². The zero-order valence-corrected chi connectivity index (χ0v) is 12.1. The predicted molar refractivity (Wildman–Crippen MR) is 78.0 cm³/mol. The number of aromatic nitrogens is 2. The van der Waals surface area contributed by atoms with Gasteiger partial charge in [0.2, 0.25) is 11.7 Å². The van der Waals surface area contributed by atoms with Gasteiger partial charge >= 0.3 is 5.97 Å². The van der Waals surface area contributed by atoms with E-state index in [-0.39, 0.29) is 12.4 Å². The van der Waals surface area contributed by atoms with Gasteiger partial charge < -0.3 is 9.63 Å². The Kier molecular flexibility index (Phi) is 4.93. The minimum absolute atomic E-state index is 0. The van der Waals surface area contributed by atoms with E-state index in [1.807, 2.05) is 35.2 Å². The number of benzene rings is 1. The van der Waals surface area contributed by atoms with Crippen LogP contribution in [0.15, 0.2) is 34.9 Å². The van der Waals surface area contributed by atoms with Gasteiger partial charge in [-0.3, -0.25) is 9.69 Å². The number of hydrogen-bond donors (Lipinski definition) is 1. The molecule has 0 bridgehead atoms. The molecule has 0 saturated carbocycles. The Morgan fingerprint density at radius 3 is 2.86 bits per heavy atom. The lowest BCUT2D eigenvalue weighted by Gasteiger charge is -2.18. The number of aliphatic carboxylic acids is 1. The Morgan fingerprint density at radius 2 is 2.14 bits per heavy atom. The van der Waals surface area contributed by atoms with E-state index in [4.69, 9.17) is 9.63 Å². The molecular formula is C14H16ClN3O3. The van der Waals surface area contributed by atoms with Crippen LogP contribution in [0.3, 0.4) is 0 Å². The Balaban J connectivity index is 0.00000161. The highest BCUT2D eigenvalue weighted by Gasteiger charge is 2.31. The molecule has 1 unspecified atom stereocenters. The SMILES string of the molecule is Cl.O=C(O)C1CCCN1Cc1nc(-c2ccccc2)no1. The molecule has 2 heterocycles. The van der Waals surface area contributed by atoms with E-state index in [2.05, 4.69) is 10.1 Å². The fourth-order valence-electron chi connectivity index (χ4n) is 2.49. The van der Waals surface area contributed by atoms with Crippen LogP contribution in [0.25, 0.3) is 11.4 Å². The van der Waals surface area contributed by atoms with Gasteiger partial charge in [-0.2, -0.15) is 4.98 Å². The number of carboxylic acids is 1. The molecule has 1 atom stereocenters. The molecular weight excluding hydrogens is 294 g/mol. The molecule has 1 aromatic heterocycles. The van der Waals surface area contributed by atoms with E-state index < -0.39 is 12.0 Å². The molecule has 7 heteroatoms. The topological polar surface area (TPSA) is 79.5 Å². The van der Waals surface area contributed by atoms with Gasteiger partial charge in [-0.05, 0) is 19.4 Å². The first kappa shape index (κ1) is 15.5. The van der Waals surface area contributed by atoms with Crippen molar-refractivity contribution >= 4 is 18.4 Å². The lowest BCUT2D eigenvalue weighted by atomic mass is 10.2. The maximum absolute atomic E-state index is 11.1. The number of nitrogens with zero attached hydrogens (tertiary/aromatic N) is 3. The van der Waals surface area contributed by atoms with Crippen molar-refractivity contribution in [2.24, 2.45) is 0 Å². The first-order chi connectivity index (χ1) is 9.74. The van der Waals surface area contributed by atoms with Gasteiger partial charge in [-0.15, -0.1) is 12.4 Å². The van der Waals surface area contributed by atoms with Crippen molar-refractivity contribution in [3.63, 3.8) is 0 Å². The summed E-state index contributed by atoms with van der Waals surface area (Å²) in [5.41, 5.74) is 0.888. The molecule has 1 fully saturated rings. The predicted octanol–water partition coefficient (Wildman–Crippen LogP) is 2.21. The second kappa shape index (κ2) is 6.69. The summed E-state index contributed by atoms with van der Waals surface area (Å²) in [7, 11) is 0. The first-order valence-electron chi connectivity index (χ1n) is 6.59. The average molecular weight is 310 g/mol. The number of likely N-dealkylation sites (tertiary alicyclic amines) is 1. The third kappa shape index (κ3) is 3.40. The monoisotopic (exact) mass is 309 g/mol. The molecule has 112 valence electrons. The van der Waals surface area contributed by atoms with E-state index in [1.165, 1.54) is 0 Å². The van der Waals surface area contributed by atoms with Crippen molar-refractivity contribution in [2.45, 2.75) is 25.4 Å². The van der Waals surface area contributed by atoms with E-state index in [0.717, 1.165) is 18.5 Å². The van der Waals surface area contributed by atoms with Crippen LogP contribution in [0.4, 0.5) is 0 Å². The lowest BCUT2D eigenvalue weighted by molar-refractivity contribution is -0.142. The lowest BCUT2D eigenvalue weighted by Crippen LogP contribution is -2.35. The van der Waals surface area contributed by atoms with Crippen LogP contribution < -0.4 is 0 Å². The fourth-order valence-corrected chi connectivity index (χ4v) is 2.49. The summed E-state index contributed by atoms with van der Waals surface area (Å²) >= 11 is 0. The highest BCUT2D eigenvalue weighted by molar-refractivity contribution is 5.85. The standard InChI is InChI=1S/C14H15N3O3.ClH/c18-14(19)11-7-4-8-17(11)9-12-15-13(16-20-12)10-5-2-1-3-6-10;/h1-3,5-6,11H,4,7-9H2,(H,18,19);1H. The van der Waals surface area contributed by atoms with E-state index >= 15 is 0 Å². The molecule has 0 spiro atoms. The molecule has 21 heavy (non-hydrogen) atoms. The summed E-state index contributed by atoms with van der Waals surface area (Å²) in [6.45, 7) is 1.14. The molecule has 1 aliphatic heterocycles. The number of carbonyl (C=O) groups is 1. The van der Waals surface area contributed by atoms with Crippen LogP contribution in [0.5, 0.6) is 0 Å². The molecule has 2 aromatic rings. The van der Waals surface area contributed by atoms with E-state index in [0.29, 0.717) is 24.7 Å². The minimum Gasteiger partial charge on any atom is -0.480 e. The van der Waals surface area contributed by atoms with E-state index in [9.17, 15) is 4.79 Å². The highest BCUT2D eigenvalue weighted by atomic mass is 35.5. The van der Waals surface area contributed by atoms with Crippen LogP contribution >= 0.6 is 12.4 Å². The van der Waals surface area contributed by atoms with Crippen molar-refractivity contribution in [1.29, 1.82) is 0 Å². The van der Waals surface area contributed by atoms with Gasteiger partial charge in [0.1, 0.15) is 6.04 Å². The number of rotatable bonds is 4. The van der Waals surface area contributed by atoms with Crippen molar-refractivity contribution in [3.05, 3.63) is 36.2 Å². The molecule has 1 aliphatic rings. The second-order valence-corrected chi connectivity index (χ2v) is 4.84. The summed E-state index contributed by atoms with van der Waals surface area (Å²) in [5.74, 6) is 0.203. The quantitative estimate of drug-likeness (QED) is 0.932. The molecule has 1 saturated heterocycles. The normalized spacial score (nSPS) is 18.4. The smallest absolute Gasteiger partial charge is 0.320 e. The third-order valence-corrected chi connectivity index (χ3v) is 3.49. The Morgan fingerprint density at radius 1 is 1.38 bits per heavy atom. The summed E-state index contributed by atoms with van der Waals surface area (Å²) in [6, 6.07) is 9.11. The first-order valence-corrected chi connectivity index (χ1v) is 6.59. The van der Waals surface area contributed by atoms with Crippen LogP contribution in [0.1, 0.15) is 18.7 Å². The number of hydrogen-bond acceptors (Lipinski definition) is 5. The summed E-state index contributed by atoms with van der Waals surface area (Å²) in [6.07, 6.45) is 1.56. The molecule has 3 rings (SSSR count). The van der Waals surface area contributed by atoms with E-state index in [1.54, 1.807) is 0 Å². The van der Waals surface area contributed by atoms with Gasteiger partial charge in [0, 0.05) is 5.56 Å². The third-order valence-electron chi connectivity index (χ3n) is 3.49. The molecule has 1 N–H and O–H groups in total. The zero-order chi connectivity index (χ0) is 13.9. The molecule has 0 radical (unpaired) electrons. The Bertz CT molecular complexity index is 603. The van der Waals surface area contributed by atoms with Crippen molar-refractivity contribution in [2.75, 3.05) is 6.54 Å². The van der Waals surface area contributed by atoms with Crippen LogP contribution in [-0.4, -0.2) is 38.7 Å². The van der Waals surface area contributed by atoms with Gasteiger partial charge in [-0.1, -0.05) is 35.5 Å². The average Bonchev–Trinajstić information content (AvgIpc) is 3.09. The van der Waals surface area contributed by atoms with Crippen LogP contribution in [0.2, 0.25) is 0 Å². The summed E-state index contributed by atoms with van der Waals surface area (Å²) in [5, 5.41) is 13.1. The van der Waals surface area contributed by atoms with Crippen LogP contribution in [-0.2, 0) is 11.3 Å². The van der Waals surface area contributed by atoms with Gasteiger partial charge in [0.05, 0.1) is 6.54 Å². The molecule has 1 aromatic carbocycles. The van der Waals surface area contributed by atoms with Gasteiger partial charge in [0.15, 0.2) is 0 Å². The summed E-state index contributed by atoms with van der Waals surface area (Å²) < 4.78 is 5.21. The highest BCUT2D eigenvalue weighted by Crippen LogP contribution is 2.21. The second-order valence-electron chi connectivity index (χ2n) is 4.84. The Hall–Kier alpha value is -1.92. The molecule has 0 amide bonds. The van der Waals surface area contributed by atoms with Gasteiger partial charge in [0.25, 0.3) is 0 Å². The fraction of sp³-hybridized carbons (Fsp3) is 0.357. The number of carboxylic acid groups (broad SMARTS) is 1. The minimum atomic E-state index is -0.787. The maximum atomic E-state index is 11.1. The summed E-state index contributed by atoms with van der Waals surface area (Å²) in [4.78, 5) is 17.3. The van der Waals surface area contributed by atoms with Crippen molar-refractivity contribution < 1.29 is 14.4 Å². The largest absolute Gasteiger partial charge is 0.480 e. The maximum Gasteiger partial charge on any atom is 0.320 e. The van der Waals surface area contributed by atoms with Crippen molar-refractivity contribution in [1.82, 2.24) is 15.0 Å². The van der Waals surface area contributed by atoms with Gasteiger partial charge in [-0.25, -0.2) is 0 Å². The molecule has 6 nitrogen and oxygen atoms in total.